The van der Waals surface area contributed by atoms with Gasteiger partial charge >= 0.3 is 0 Å². The van der Waals surface area contributed by atoms with Crippen molar-refractivity contribution < 1.29 is 4.79 Å². The van der Waals surface area contributed by atoms with Gasteiger partial charge in [-0.3, -0.25) is 9.48 Å². The van der Waals surface area contributed by atoms with Crippen molar-refractivity contribution in [2.24, 2.45) is 13.0 Å². The Morgan fingerprint density at radius 3 is 2.78 bits per heavy atom. The summed E-state index contributed by atoms with van der Waals surface area (Å²) in [7, 11) is 1.80. The van der Waals surface area contributed by atoms with Gasteiger partial charge in [0.15, 0.2) is 5.78 Å². The molecule has 0 unspecified atom stereocenters. The van der Waals surface area contributed by atoms with Crippen molar-refractivity contribution in [1.82, 2.24) is 9.78 Å². The summed E-state index contributed by atoms with van der Waals surface area (Å²) in [4.78, 5) is 12.2. The Balaban J connectivity index is 2.18. The fraction of sp³-hybridized carbons (Fsp3) is 0.500. The number of rotatable bonds is 3. The SMILES string of the molecule is Cn1nccc1/C=C(\C#N)C(=O)C1CCCCC1. The van der Waals surface area contributed by atoms with Crippen LogP contribution in [0.5, 0.6) is 0 Å². The first kappa shape index (κ1) is 12.6. The van der Waals surface area contributed by atoms with Crippen molar-refractivity contribution in [3.05, 3.63) is 23.5 Å². The lowest BCUT2D eigenvalue weighted by Gasteiger charge is -2.19. The van der Waals surface area contributed by atoms with Crippen LogP contribution in [0.3, 0.4) is 0 Å². The Kier molecular flexibility index (Phi) is 3.93. The van der Waals surface area contributed by atoms with Gasteiger partial charge < -0.3 is 0 Å². The lowest BCUT2D eigenvalue weighted by atomic mass is 9.84. The van der Waals surface area contributed by atoms with Gasteiger partial charge in [-0.05, 0) is 25.0 Å². The maximum atomic E-state index is 12.2. The van der Waals surface area contributed by atoms with E-state index < -0.39 is 0 Å². The molecule has 1 fully saturated rings. The van der Waals surface area contributed by atoms with E-state index in [1.54, 1.807) is 30.1 Å². The molecule has 1 heterocycles. The third-order valence-corrected chi connectivity index (χ3v) is 3.51. The molecular weight excluding hydrogens is 226 g/mol. The molecule has 1 aromatic heterocycles. The van der Waals surface area contributed by atoms with E-state index in [0.717, 1.165) is 31.4 Å². The number of hydrogen-bond acceptors (Lipinski definition) is 3. The van der Waals surface area contributed by atoms with Gasteiger partial charge in [-0.25, -0.2) is 0 Å². The first-order valence-corrected chi connectivity index (χ1v) is 6.36. The monoisotopic (exact) mass is 243 g/mol. The van der Waals surface area contributed by atoms with Gasteiger partial charge in [0, 0.05) is 19.2 Å². The number of nitriles is 1. The van der Waals surface area contributed by atoms with Gasteiger partial charge in [-0.15, -0.1) is 0 Å². The van der Waals surface area contributed by atoms with E-state index in [9.17, 15) is 4.79 Å². The van der Waals surface area contributed by atoms with Crippen LogP contribution in [-0.2, 0) is 11.8 Å². The maximum Gasteiger partial charge on any atom is 0.176 e. The lowest BCUT2D eigenvalue weighted by molar-refractivity contribution is -0.119. The zero-order valence-corrected chi connectivity index (χ0v) is 10.6. The van der Waals surface area contributed by atoms with E-state index >= 15 is 0 Å². The van der Waals surface area contributed by atoms with E-state index in [-0.39, 0.29) is 17.3 Å². The number of aryl methyl sites for hydroxylation is 1. The van der Waals surface area contributed by atoms with Crippen LogP contribution in [-0.4, -0.2) is 15.6 Å². The standard InChI is InChI=1S/C14H17N3O/c1-17-13(7-8-16-17)9-12(10-15)14(18)11-5-3-2-4-6-11/h7-9,11H,2-6H2,1H3/b12-9+. The summed E-state index contributed by atoms with van der Waals surface area (Å²) in [5.41, 5.74) is 1.04. The maximum absolute atomic E-state index is 12.2. The second-order valence-corrected chi connectivity index (χ2v) is 4.75. The Labute approximate surface area is 107 Å². The number of carbonyl (C=O) groups is 1. The molecule has 1 aliphatic rings. The molecule has 0 saturated heterocycles. The number of nitrogens with zero attached hydrogens (tertiary/aromatic N) is 3. The minimum atomic E-state index is -0.00148. The molecule has 94 valence electrons. The van der Waals surface area contributed by atoms with Gasteiger partial charge in [-0.2, -0.15) is 10.4 Å². The largest absolute Gasteiger partial charge is 0.293 e. The molecule has 0 N–H and O–H groups in total. The zero-order valence-electron chi connectivity index (χ0n) is 10.6. The fourth-order valence-corrected chi connectivity index (χ4v) is 2.42. The summed E-state index contributed by atoms with van der Waals surface area (Å²) in [6.45, 7) is 0. The summed E-state index contributed by atoms with van der Waals surface area (Å²) < 4.78 is 1.66. The van der Waals surface area contributed by atoms with Crippen molar-refractivity contribution in [3.63, 3.8) is 0 Å². The Morgan fingerprint density at radius 2 is 2.22 bits per heavy atom. The molecule has 1 aliphatic carbocycles. The molecule has 4 nitrogen and oxygen atoms in total. The molecule has 0 spiro atoms. The van der Waals surface area contributed by atoms with Crippen LogP contribution >= 0.6 is 0 Å². The minimum absolute atomic E-state index is 0.00148. The van der Waals surface area contributed by atoms with Crippen LogP contribution in [0.15, 0.2) is 17.8 Å². The highest BCUT2D eigenvalue weighted by atomic mass is 16.1. The smallest absolute Gasteiger partial charge is 0.176 e. The number of aromatic nitrogens is 2. The van der Waals surface area contributed by atoms with Crippen molar-refractivity contribution in [1.29, 1.82) is 5.26 Å². The molecule has 1 saturated carbocycles. The third kappa shape index (κ3) is 2.67. The highest BCUT2D eigenvalue weighted by Crippen LogP contribution is 2.26. The highest BCUT2D eigenvalue weighted by molar-refractivity contribution is 6.04. The van der Waals surface area contributed by atoms with E-state index in [2.05, 4.69) is 5.10 Å². The van der Waals surface area contributed by atoms with Crippen LogP contribution in [0.25, 0.3) is 6.08 Å². The number of allylic oxidation sites excluding steroid dienone is 1. The molecule has 18 heavy (non-hydrogen) atoms. The van der Waals surface area contributed by atoms with Crippen molar-refractivity contribution in [3.8, 4) is 6.07 Å². The summed E-state index contributed by atoms with van der Waals surface area (Å²) in [6, 6.07) is 3.83. The predicted molar refractivity (Wildman–Crippen MR) is 68.4 cm³/mol. The van der Waals surface area contributed by atoms with E-state index in [1.807, 2.05) is 6.07 Å². The first-order chi connectivity index (χ1) is 8.72. The molecule has 4 heteroatoms. The second-order valence-electron chi connectivity index (χ2n) is 4.75. The molecule has 1 aromatic rings. The first-order valence-electron chi connectivity index (χ1n) is 6.36. The Hall–Kier alpha value is -1.89. The van der Waals surface area contributed by atoms with Crippen molar-refractivity contribution in [2.75, 3.05) is 0 Å². The van der Waals surface area contributed by atoms with Crippen LogP contribution in [0, 0.1) is 17.2 Å². The van der Waals surface area contributed by atoms with Gasteiger partial charge in [0.2, 0.25) is 0 Å². The topological polar surface area (TPSA) is 58.7 Å². The van der Waals surface area contributed by atoms with Crippen LogP contribution in [0.2, 0.25) is 0 Å². The lowest BCUT2D eigenvalue weighted by Crippen LogP contribution is -2.19. The zero-order chi connectivity index (χ0) is 13.0. The summed E-state index contributed by atoms with van der Waals surface area (Å²) in [5.74, 6) is 0.0382. The van der Waals surface area contributed by atoms with Crippen molar-refractivity contribution >= 4 is 11.9 Å². The fourth-order valence-electron chi connectivity index (χ4n) is 2.42. The average Bonchev–Trinajstić information content (AvgIpc) is 2.81. The minimum Gasteiger partial charge on any atom is -0.293 e. The van der Waals surface area contributed by atoms with Crippen LogP contribution < -0.4 is 0 Å². The normalized spacial score (nSPS) is 17.4. The molecule has 0 amide bonds. The molecule has 0 atom stereocenters. The van der Waals surface area contributed by atoms with E-state index in [1.165, 1.54) is 6.42 Å². The van der Waals surface area contributed by atoms with E-state index in [4.69, 9.17) is 5.26 Å². The van der Waals surface area contributed by atoms with Crippen LogP contribution in [0.1, 0.15) is 37.8 Å². The van der Waals surface area contributed by atoms with Gasteiger partial charge in [0.1, 0.15) is 6.07 Å². The number of Topliss-reactive ketones (excluding diaryl/α,β-unsaturated/α-hetero) is 1. The average molecular weight is 243 g/mol. The third-order valence-electron chi connectivity index (χ3n) is 3.51. The molecule has 0 bridgehead atoms. The van der Waals surface area contributed by atoms with E-state index in [0.29, 0.717) is 0 Å². The number of hydrogen-bond donors (Lipinski definition) is 0. The van der Waals surface area contributed by atoms with Gasteiger partial charge in [0.25, 0.3) is 0 Å². The second kappa shape index (κ2) is 5.63. The number of carbonyl (C=O) groups excluding carboxylic acids is 1. The number of ketones is 1. The predicted octanol–water partition coefficient (Wildman–Crippen LogP) is 2.48. The Morgan fingerprint density at radius 1 is 1.50 bits per heavy atom. The Bertz CT molecular complexity index is 501. The highest BCUT2D eigenvalue weighted by Gasteiger charge is 2.24. The molecule has 2 rings (SSSR count). The summed E-state index contributed by atoms with van der Waals surface area (Å²) in [5, 5.41) is 13.2. The van der Waals surface area contributed by atoms with Crippen molar-refractivity contribution in [2.45, 2.75) is 32.1 Å². The quantitative estimate of drug-likeness (QED) is 0.605. The molecule has 0 radical (unpaired) electrons. The summed E-state index contributed by atoms with van der Waals surface area (Å²) in [6.07, 6.45) is 8.54. The molecule has 0 aliphatic heterocycles. The molecular formula is C14H17N3O. The van der Waals surface area contributed by atoms with Gasteiger partial charge in [-0.1, -0.05) is 19.3 Å². The summed E-state index contributed by atoms with van der Waals surface area (Å²) >= 11 is 0. The molecule has 0 aromatic carbocycles. The van der Waals surface area contributed by atoms with Gasteiger partial charge in [0.05, 0.1) is 11.3 Å². The van der Waals surface area contributed by atoms with Crippen LogP contribution in [0.4, 0.5) is 0 Å².